The molecule has 1 aliphatic heterocycles. The van der Waals surface area contributed by atoms with E-state index >= 15 is 0 Å². The third kappa shape index (κ3) is 3.86. The van der Waals surface area contributed by atoms with Crippen molar-refractivity contribution in [3.05, 3.63) is 48.0 Å². The van der Waals surface area contributed by atoms with Gasteiger partial charge in [0.1, 0.15) is 5.75 Å². The summed E-state index contributed by atoms with van der Waals surface area (Å²) in [5.74, 6) is -0.0516. The Morgan fingerprint density at radius 3 is 2.76 bits per heavy atom. The highest BCUT2D eigenvalue weighted by atomic mass is 16.7. The van der Waals surface area contributed by atoms with Crippen LogP contribution in [0.2, 0.25) is 0 Å². The van der Waals surface area contributed by atoms with Crippen molar-refractivity contribution in [1.82, 2.24) is 5.43 Å². The fraction of sp³-hybridized carbons (Fsp3) is 0.118. The number of ether oxygens (including phenoxy) is 3. The van der Waals surface area contributed by atoms with Gasteiger partial charge in [0.15, 0.2) is 11.5 Å². The third-order valence-electron chi connectivity index (χ3n) is 3.34. The Bertz CT molecular complexity index is 835. The zero-order chi connectivity index (χ0) is 17.6. The molecule has 2 aromatic carbocycles. The molecule has 0 atom stereocenters. The number of benzene rings is 2. The number of amides is 2. The maximum atomic E-state index is 11.9. The van der Waals surface area contributed by atoms with Crippen LogP contribution in [0, 0.1) is 0 Å². The molecule has 2 aromatic rings. The third-order valence-corrected chi connectivity index (χ3v) is 3.34. The van der Waals surface area contributed by atoms with Gasteiger partial charge in [-0.1, -0.05) is 12.1 Å². The number of nitrogens with one attached hydrogen (secondary N) is 2. The summed E-state index contributed by atoms with van der Waals surface area (Å²) in [4.78, 5) is 23.7. The SMILES string of the molecule is COc1ccccc1NC(=O)C(=O)N/N=C/c1ccc2c(c1)OCO2. The predicted molar refractivity (Wildman–Crippen MR) is 89.9 cm³/mol. The first-order valence-corrected chi connectivity index (χ1v) is 7.34. The number of hydrogen-bond acceptors (Lipinski definition) is 6. The zero-order valence-electron chi connectivity index (χ0n) is 13.3. The summed E-state index contributed by atoms with van der Waals surface area (Å²) >= 11 is 0. The molecule has 0 spiro atoms. The van der Waals surface area contributed by atoms with Gasteiger partial charge >= 0.3 is 11.8 Å². The van der Waals surface area contributed by atoms with Gasteiger partial charge in [-0.15, -0.1) is 0 Å². The molecule has 0 unspecified atom stereocenters. The van der Waals surface area contributed by atoms with E-state index in [1.165, 1.54) is 13.3 Å². The number of para-hydroxylation sites is 2. The van der Waals surface area contributed by atoms with Crippen LogP contribution in [0.25, 0.3) is 0 Å². The maximum absolute atomic E-state index is 11.9. The molecule has 128 valence electrons. The molecule has 0 bridgehead atoms. The second-order valence-corrected chi connectivity index (χ2v) is 4.97. The normalized spacial score (nSPS) is 12.0. The van der Waals surface area contributed by atoms with Crippen molar-refractivity contribution < 1.29 is 23.8 Å². The van der Waals surface area contributed by atoms with Crippen LogP contribution in [-0.2, 0) is 9.59 Å². The minimum Gasteiger partial charge on any atom is -0.495 e. The Labute approximate surface area is 143 Å². The van der Waals surface area contributed by atoms with Gasteiger partial charge in [0.25, 0.3) is 0 Å². The molecule has 0 saturated carbocycles. The largest absolute Gasteiger partial charge is 0.495 e. The first kappa shape index (κ1) is 16.3. The van der Waals surface area contributed by atoms with Gasteiger partial charge in [0, 0.05) is 0 Å². The molecule has 0 fully saturated rings. The summed E-state index contributed by atoms with van der Waals surface area (Å²) in [6.45, 7) is 0.176. The minimum atomic E-state index is -0.900. The highest BCUT2D eigenvalue weighted by molar-refractivity contribution is 6.39. The lowest BCUT2D eigenvalue weighted by atomic mass is 10.2. The summed E-state index contributed by atoms with van der Waals surface area (Å²) in [6.07, 6.45) is 1.40. The van der Waals surface area contributed by atoms with Crippen LogP contribution < -0.4 is 25.0 Å². The number of carbonyl (C=O) groups excluding carboxylic acids is 2. The van der Waals surface area contributed by atoms with E-state index in [9.17, 15) is 9.59 Å². The van der Waals surface area contributed by atoms with E-state index < -0.39 is 11.8 Å². The minimum absolute atomic E-state index is 0.176. The molecule has 0 aromatic heterocycles. The number of hydrazone groups is 1. The molecule has 0 saturated heterocycles. The summed E-state index contributed by atoms with van der Waals surface area (Å²) in [6, 6.07) is 12.0. The van der Waals surface area contributed by atoms with Crippen molar-refractivity contribution in [1.29, 1.82) is 0 Å². The average Bonchev–Trinajstić information content (AvgIpc) is 3.09. The maximum Gasteiger partial charge on any atom is 0.329 e. The Hall–Kier alpha value is -3.55. The van der Waals surface area contributed by atoms with Gasteiger partial charge < -0.3 is 19.5 Å². The van der Waals surface area contributed by atoms with Crippen LogP contribution in [0.1, 0.15) is 5.56 Å². The number of methoxy groups -OCH3 is 1. The Kier molecular flexibility index (Phi) is 4.79. The smallest absolute Gasteiger partial charge is 0.329 e. The first-order chi connectivity index (χ1) is 12.2. The van der Waals surface area contributed by atoms with Gasteiger partial charge in [-0.3, -0.25) is 9.59 Å². The van der Waals surface area contributed by atoms with E-state index in [0.717, 1.165) is 0 Å². The fourth-order valence-electron chi connectivity index (χ4n) is 2.14. The molecule has 0 aliphatic carbocycles. The number of anilines is 1. The van der Waals surface area contributed by atoms with Crippen LogP contribution in [0.5, 0.6) is 17.2 Å². The number of carbonyl (C=O) groups is 2. The van der Waals surface area contributed by atoms with Crippen LogP contribution in [-0.4, -0.2) is 31.9 Å². The monoisotopic (exact) mass is 341 g/mol. The highest BCUT2D eigenvalue weighted by Gasteiger charge is 2.15. The van der Waals surface area contributed by atoms with Crippen LogP contribution in [0.4, 0.5) is 5.69 Å². The summed E-state index contributed by atoms with van der Waals surface area (Å²) in [5, 5.41) is 6.22. The molecule has 8 nitrogen and oxygen atoms in total. The zero-order valence-corrected chi connectivity index (χ0v) is 13.3. The Morgan fingerprint density at radius 2 is 1.92 bits per heavy atom. The van der Waals surface area contributed by atoms with Crippen molar-refractivity contribution in [2.24, 2.45) is 5.10 Å². The van der Waals surface area contributed by atoms with E-state index in [4.69, 9.17) is 14.2 Å². The van der Waals surface area contributed by atoms with E-state index in [1.807, 2.05) is 0 Å². The van der Waals surface area contributed by atoms with Crippen LogP contribution >= 0.6 is 0 Å². The lowest BCUT2D eigenvalue weighted by Crippen LogP contribution is -2.32. The van der Waals surface area contributed by atoms with Crippen molar-refractivity contribution in [3.63, 3.8) is 0 Å². The van der Waals surface area contributed by atoms with Gasteiger partial charge in [0.2, 0.25) is 6.79 Å². The fourth-order valence-corrected chi connectivity index (χ4v) is 2.14. The molecule has 1 heterocycles. The van der Waals surface area contributed by atoms with Gasteiger partial charge in [0.05, 0.1) is 19.0 Å². The average molecular weight is 341 g/mol. The van der Waals surface area contributed by atoms with E-state index in [-0.39, 0.29) is 6.79 Å². The predicted octanol–water partition coefficient (Wildman–Crippen LogP) is 1.51. The van der Waals surface area contributed by atoms with Crippen LogP contribution in [0.3, 0.4) is 0 Å². The Balaban J connectivity index is 1.57. The van der Waals surface area contributed by atoms with E-state index in [1.54, 1.807) is 42.5 Å². The Morgan fingerprint density at radius 1 is 1.12 bits per heavy atom. The molecule has 1 aliphatic rings. The van der Waals surface area contributed by atoms with Gasteiger partial charge in [-0.2, -0.15) is 5.10 Å². The number of rotatable bonds is 4. The van der Waals surface area contributed by atoms with Crippen molar-refractivity contribution >= 4 is 23.7 Å². The molecule has 0 radical (unpaired) electrons. The summed E-state index contributed by atoms with van der Waals surface area (Å²) < 4.78 is 15.6. The van der Waals surface area contributed by atoms with Crippen molar-refractivity contribution in [2.45, 2.75) is 0 Å². The molecular formula is C17H15N3O5. The van der Waals surface area contributed by atoms with E-state index in [0.29, 0.717) is 28.5 Å². The quantitative estimate of drug-likeness (QED) is 0.499. The molecule has 3 rings (SSSR count). The summed E-state index contributed by atoms with van der Waals surface area (Å²) in [7, 11) is 1.47. The van der Waals surface area contributed by atoms with Crippen molar-refractivity contribution in [2.75, 3.05) is 19.2 Å². The number of nitrogens with zero attached hydrogens (tertiary/aromatic N) is 1. The lowest BCUT2D eigenvalue weighted by molar-refractivity contribution is -0.136. The number of fused-ring (bicyclic) bond motifs is 1. The van der Waals surface area contributed by atoms with Gasteiger partial charge in [-0.05, 0) is 35.9 Å². The van der Waals surface area contributed by atoms with Gasteiger partial charge in [-0.25, -0.2) is 5.43 Å². The van der Waals surface area contributed by atoms with E-state index in [2.05, 4.69) is 15.8 Å². The molecule has 25 heavy (non-hydrogen) atoms. The molecule has 8 heteroatoms. The van der Waals surface area contributed by atoms with Crippen molar-refractivity contribution in [3.8, 4) is 17.2 Å². The second kappa shape index (κ2) is 7.35. The number of hydrogen-bond donors (Lipinski definition) is 2. The van der Waals surface area contributed by atoms with Crippen LogP contribution in [0.15, 0.2) is 47.6 Å². The molecular weight excluding hydrogens is 326 g/mol. The molecule has 2 amide bonds. The molecule has 2 N–H and O–H groups in total. The standard InChI is InChI=1S/C17H15N3O5/c1-23-13-5-3-2-4-12(13)19-16(21)17(22)20-18-9-11-6-7-14-15(8-11)25-10-24-14/h2-9H,10H2,1H3,(H,19,21)(H,20,22)/b18-9+. The second-order valence-electron chi connectivity index (χ2n) is 4.97. The first-order valence-electron chi connectivity index (χ1n) is 7.34. The lowest BCUT2D eigenvalue weighted by Gasteiger charge is -2.08. The highest BCUT2D eigenvalue weighted by Crippen LogP contribution is 2.31. The topological polar surface area (TPSA) is 98.2 Å². The summed E-state index contributed by atoms with van der Waals surface area (Å²) in [5.41, 5.74) is 3.24.